The van der Waals surface area contributed by atoms with Crippen molar-refractivity contribution in [1.29, 1.82) is 0 Å². The smallest absolute Gasteiger partial charge is 0.411 e. The molecule has 5 rings (SSSR count). The maximum absolute atomic E-state index is 12.8. The predicted molar refractivity (Wildman–Crippen MR) is 132 cm³/mol. The summed E-state index contributed by atoms with van der Waals surface area (Å²) in [6.45, 7) is 5.09. The first-order valence-corrected chi connectivity index (χ1v) is 11.5. The molecule has 1 heterocycles. The summed E-state index contributed by atoms with van der Waals surface area (Å²) in [6, 6.07) is 19.8. The molecule has 7 heteroatoms. The molecule has 7 nitrogen and oxygen atoms in total. The van der Waals surface area contributed by atoms with Crippen molar-refractivity contribution in [2.75, 3.05) is 43.0 Å². The summed E-state index contributed by atoms with van der Waals surface area (Å²) in [5, 5.41) is 15.8. The molecule has 2 aliphatic rings. The van der Waals surface area contributed by atoms with E-state index in [9.17, 15) is 14.7 Å². The third-order valence-corrected chi connectivity index (χ3v) is 6.69. The van der Waals surface area contributed by atoms with E-state index in [1.165, 1.54) is 0 Å². The highest BCUT2D eigenvalue weighted by Crippen LogP contribution is 2.44. The highest BCUT2D eigenvalue weighted by molar-refractivity contribution is 5.96. The lowest BCUT2D eigenvalue weighted by atomic mass is 9.98. The largest absolute Gasteiger partial charge is 0.478 e. The molecule has 1 aliphatic carbocycles. The molecule has 0 saturated carbocycles. The third kappa shape index (κ3) is 4.10. The van der Waals surface area contributed by atoms with Gasteiger partial charge < -0.3 is 20.1 Å². The minimum absolute atomic E-state index is 0.0407. The van der Waals surface area contributed by atoms with E-state index in [1.54, 1.807) is 13.0 Å². The highest BCUT2D eigenvalue weighted by atomic mass is 16.5. The Kier molecular flexibility index (Phi) is 5.94. The van der Waals surface area contributed by atoms with Crippen molar-refractivity contribution in [3.63, 3.8) is 0 Å². The molecule has 174 valence electrons. The number of nitrogens with one attached hydrogen (secondary N) is 2. The second-order valence-corrected chi connectivity index (χ2v) is 8.66. The van der Waals surface area contributed by atoms with Crippen molar-refractivity contribution in [3.05, 3.63) is 82.9 Å². The fourth-order valence-electron chi connectivity index (χ4n) is 4.90. The molecule has 0 aromatic heterocycles. The maximum atomic E-state index is 12.8. The molecule has 0 bridgehead atoms. The van der Waals surface area contributed by atoms with Gasteiger partial charge in [-0.05, 0) is 46.9 Å². The number of rotatable bonds is 5. The van der Waals surface area contributed by atoms with Crippen LogP contribution < -0.4 is 15.5 Å². The predicted octanol–water partition coefficient (Wildman–Crippen LogP) is 4.46. The average Bonchev–Trinajstić information content (AvgIpc) is 3.18. The van der Waals surface area contributed by atoms with Crippen LogP contribution in [0, 0.1) is 6.92 Å². The number of hydrogen-bond acceptors (Lipinski definition) is 5. The Balaban J connectivity index is 1.35. The Morgan fingerprint density at radius 2 is 1.65 bits per heavy atom. The van der Waals surface area contributed by atoms with Gasteiger partial charge in [-0.3, -0.25) is 5.32 Å². The van der Waals surface area contributed by atoms with E-state index < -0.39 is 12.1 Å². The number of fused-ring (bicyclic) bond motifs is 3. The van der Waals surface area contributed by atoms with Crippen molar-refractivity contribution in [2.24, 2.45) is 0 Å². The van der Waals surface area contributed by atoms with Gasteiger partial charge in [0.25, 0.3) is 0 Å². The Morgan fingerprint density at radius 3 is 2.26 bits per heavy atom. The SMILES string of the molecule is Cc1c(NC(=O)OCC2c3ccccc3-c3ccccc32)cc(N2CCNCC2)cc1C(=O)O. The molecule has 0 unspecified atom stereocenters. The van der Waals surface area contributed by atoms with Gasteiger partial charge in [0.05, 0.1) is 5.56 Å². The molecule has 1 aliphatic heterocycles. The Bertz CT molecular complexity index is 1200. The van der Waals surface area contributed by atoms with E-state index in [2.05, 4.69) is 39.8 Å². The summed E-state index contributed by atoms with van der Waals surface area (Å²) in [5.41, 5.74) is 6.51. The van der Waals surface area contributed by atoms with Crippen LogP contribution in [0.4, 0.5) is 16.2 Å². The average molecular weight is 458 g/mol. The normalized spacial score (nSPS) is 14.9. The van der Waals surface area contributed by atoms with Crippen molar-refractivity contribution < 1.29 is 19.4 Å². The lowest BCUT2D eigenvalue weighted by Gasteiger charge is -2.30. The van der Waals surface area contributed by atoms with Crippen LogP contribution >= 0.6 is 0 Å². The number of carbonyl (C=O) groups excluding carboxylic acids is 1. The number of aromatic carboxylic acids is 1. The minimum Gasteiger partial charge on any atom is -0.478 e. The minimum atomic E-state index is -1.02. The first-order chi connectivity index (χ1) is 16.5. The number of amides is 1. The van der Waals surface area contributed by atoms with Gasteiger partial charge in [0.1, 0.15) is 6.61 Å². The van der Waals surface area contributed by atoms with E-state index in [1.807, 2.05) is 30.3 Å². The van der Waals surface area contributed by atoms with Crippen molar-refractivity contribution >= 4 is 23.4 Å². The molecule has 0 atom stereocenters. The number of piperazine rings is 1. The first-order valence-electron chi connectivity index (χ1n) is 11.5. The van der Waals surface area contributed by atoms with Crippen LogP contribution in [0.1, 0.15) is 33.0 Å². The maximum Gasteiger partial charge on any atom is 0.411 e. The molecule has 1 fully saturated rings. The van der Waals surface area contributed by atoms with Crippen LogP contribution in [-0.4, -0.2) is 50.0 Å². The second-order valence-electron chi connectivity index (χ2n) is 8.66. The van der Waals surface area contributed by atoms with Crippen molar-refractivity contribution in [3.8, 4) is 11.1 Å². The number of carboxylic acids is 1. The van der Waals surface area contributed by atoms with Gasteiger partial charge >= 0.3 is 12.1 Å². The number of hydrogen-bond donors (Lipinski definition) is 3. The lowest BCUT2D eigenvalue weighted by Crippen LogP contribution is -2.43. The summed E-state index contributed by atoms with van der Waals surface area (Å²) >= 11 is 0. The summed E-state index contributed by atoms with van der Waals surface area (Å²) in [5.74, 6) is -1.06. The summed E-state index contributed by atoms with van der Waals surface area (Å²) in [7, 11) is 0. The van der Waals surface area contributed by atoms with E-state index in [4.69, 9.17) is 4.74 Å². The van der Waals surface area contributed by atoms with Crippen LogP contribution in [0.3, 0.4) is 0 Å². The van der Waals surface area contributed by atoms with Crippen LogP contribution in [0.5, 0.6) is 0 Å². The second kappa shape index (κ2) is 9.19. The monoisotopic (exact) mass is 457 g/mol. The molecule has 3 N–H and O–H groups in total. The molecule has 0 radical (unpaired) electrons. The number of anilines is 2. The zero-order chi connectivity index (χ0) is 23.7. The standard InChI is InChI=1S/C27H27N3O4/c1-17-23(26(31)32)14-18(30-12-10-28-11-13-30)15-25(17)29-27(33)34-16-24-21-8-4-2-6-19(21)20-7-3-5-9-22(20)24/h2-9,14-15,24,28H,10-13,16H2,1H3,(H,29,33)(H,31,32). The van der Waals surface area contributed by atoms with Gasteiger partial charge in [0.15, 0.2) is 0 Å². The van der Waals surface area contributed by atoms with E-state index in [0.717, 1.165) is 54.1 Å². The molecule has 1 amide bonds. The van der Waals surface area contributed by atoms with Gasteiger partial charge in [0, 0.05) is 43.5 Å². The van der Waals surface area contributed by atoms with Gasteiger partial charge in [-0.15, -0.1) is 0 Å². The van der Waals surface area contributed by atoms with Crippen LogP contribution in [-0.2, 0) is 4.74 Å². The van der Waals surface area contributed by atoms with E-state index in [0.29, 0.717) is 11.3 Å². The van der Waals surface area contributed by atoms with Gasteiger partial charge in [-0.2, -0.15) is 0 Å². The Labute approximate surface area is 198 Å². The fourth-order valence-corrected chi connectivity index (χ4v) is 4.90. The quantitative estimate of drug-likeness (QED) is 0.524. The van der Waals surface area contributed by atoms with Crippen LogP contribution in [0.25, 0.3) is 11.1 Å². The lowest BCUT2D eigenvalue weighted by molar-refractivity contribution is 0.0696. The summed E-state index contributed by atoms with van der Waals surface area (Å²) in [4.78, 5) is 26.8. The number of benzene rings is 3. The van der Waals surface area contributed by atoms with E-state index >= 15 is 0 Å². The molecule has 1 saturated heterocycles. The number of ether oxygens (including phenoxy) is 1. The zero-order valence-electron chi connectivity index (χ0n) is 19.0. The molecular weight excluding hydrogens is 430 g/mol. The van der Waals surface area contributed by atoms with Crippen molar-refractivity contribution in [2.45, 2.75) is 12.8 Å². The summed E-state index contributed by atoms with van der Waals surface area (Å²) < 4.78 is 5.66. The molecule has 3 aromatic rings. The fraction of sp³-hybridized carbons (Fsp3) is 0.259. The molecular formula is C27H27N3O4. The van der Waals surface area contributed by atoms with Gasteiger partial charge in [-0.1, -0.05) is 48.5 Å². The van der Waals surface area contributed by atoms with Gasteiger partial charge in [0.2, 0.25) is 0 Å². The van der Waals surface area contributed by atoms with Gasteiger partial charge in [-0.25, -0.2) is 9.59 Å². The van der Waals surface area contributed by atoms with Crippen LogP contribution in [0.15, 0.2) is 60.7 Å². The zero-order valence-corrected chi connectivity index (χ0v) is 19.0. The molecule has 3 aromatic carbocycles. The molecule has 34 heavy (non-hydrogen) atoms. The Morgan fingerprint density at radius 1 is 1.03 bits per heavy atom. The number of carboxylic acid groups (broad SMARTS) is 1. The highest BCUT2D eigenvalue weighted by Gasteiger charge is 2.29. The van der Waals surface area contributed by atoms with Crippen LogP contribution in [0.2, 0.25) is 0 Å². The topological polar surface area (TPSA) is 90.9 Å². The van der Waals surface area contributed by atoms with E-state index in [-0.39, 0.29) is 18.1 Å². The first kappa shape index (κ1) is 22.0. The number of nitrogens with zero attached hydrogens (tertiary/aromatic N) is 1. The van der Waals surface area contributed by atoms with Crippen molar-refractivity contribution in [1.82, 2.24) is 5.32 Å². The number of carbonyl (C=O) groups is 2. The third-order valence-electron chi connectivity index (χ3n) is 6.69. The Hall–Kier alpha value is -3.84. The molecule has 0 spiro atoms. The summed E-state index contributed by atoms with van der Waals surface area (Å²) in [6.07, 6.45) is -0.598.